The monoisotopic (exact) mass is 195 g/mol. The summed E-state index contributed by atoms with van der Waals surface area (Å²) in [4.78, 5) is 14.0. The Labute approximate surface area is 82.3 Å². The summed E-state index contributed by atoms with van der Waals surface area (Å²) in [5, 5.41) is 13.5. The molecule has 0 aliphatic heterocycles. The second-order valence-corrected chi connectivity index (χ2v) is 4.03. The van der Waals surface area contributed by atoms with E-state index in [4.69, 9.17) is 0 Å². The maximum atomic E-state index is 10.5. The number of hydrogen-bond acceptors (Lipinski definition) is 4. The predicted molar refractivity (Wildman–Crippen MR) is 54.3 cm³/mol. The smallest absolute Gasteiger partial charge is 0.274 e. The van der Waals surface area contributed by atoms with E-state index in [-0.39, 0.29) is 11.2 Å². The molecule has 0 fully saturated rings. The zero-order valence-electron chi connectivity index (χ0n) is 8.44. The highest BCUT2D eigenvalue weighted by Crippen LogP contribution is 2.17. The number of pyridine rings is 1. The highest BCUT2D eigenvalue weighted by Gasteiger charge is 2.12. The first kappa shape index (κ1) is 10.4. The van der Waals surface area contributed by atoms with Crippen molar-refractivity contribution < 1.29 is 4.92 Å². The Hall–Kier alpha value is -1.65. The van der Waals surface area contributed by atoms with Gasteiger partial charge in [-0.2, -0.15) is 0 Å². The Kier molecular flexibility index (Phi) is 2.69. The minimum absolute atomic E-state index is 0.0479. The summed E-state index contributed by atoms with van der Waals surface area (Å²) in [6.07, 6.45) is 1.42. The molecule has 5 heteroatoms. The van der Waals surface area contributed by atoms with Gasteiger partial charge in [0.15, 0.2) is 0 Å². The maximum Gasteiger partial charge on any atom is 0.274 e. The molecule has 0 bridgehead atoms. The van der Waals surface area contributed by atoms with Gasteiger partial charge in [0.25, 0.3) is 5.69 Å². The lowest BCUT2D eigenvalue weighted by atomic mass is 10.1. The third-order valence-corrected chi connectivity index (χ3v) is 1.46. The molecule has 1 heterocycles. The van der Waals surface area contributed by atoms with Gasteiger partial charge in [-0.05, 0) is 20.8 Å². The standard InChI is InChI=1S/C9H13N3O2/c1-9(2,3)11-8-6-7(12(13)14)4-5-10-8/h4-6H,1-3H3,(H,10,11). The first-order valence-electron chi connectivity index (χ1n) is 4.27. The SMILES string of the molecule is CC(C)(C)Nc1cc([N+](=O)[O-])ccn1. The molecule has 1 aromatic rings. The Morgan fingerprint density at radius 3 is 2.64 bits per heavy atom. The molecule has 1 N–H and O–H groups in total. The van der Waals surface area contributed by atoms with Crippen LogP contribution in [0.25, 0.3) is 0 Å². The second kappa shape index (κ2) is 3.61. The third kappa shape index (κ3) is 3.01. The molecular formula is C9H13N3O2. The van der Waals surface area contributed by atoms with Crippen LogP contribution in [0.5, 0.6) is 0 Å². The normalized spacial score (nSPS) is 11.1. The number of nitrogens with one attached hydrogen (secondary N) is 1. The fraction of sp³-hybridized carbons (Fsp3) is 0.444. The van der Waals surface area contributed by atoms with Crippen molar-refractivity contribution in [2.24, 2.45) is 0 Å². The second-order valence-electron chi connectivity index (χ2n) is 4.03. The van der Waals surface area contributed by atoms with Gasteiger partial charge in [0.2, 0.25) is 0 Å². The van der Waals surface area contributed by atoms with Crippen LogP contribution in [-0.4, -0.2) is 15.4 Å². The van der Waals surface area contributed by atoms with Crippen LogP contribution in [0.2, 0.25) is 0 Å². The number of aromatic nitrogens is 1. The molecular weight excluding hydrogens is 182 g/mol. The molecule has 14 heavy (non-hydrogen) atoms. The molecule has 0 aliphatic rings. The number of hydrogen-bond donors (Lipinski definition) is 1. The largest absolute Gasteiger partial charge is 0.365 e. The number of nitro groups is 1. The van der Waals surface area contributed by atoms with E-state index in [0.29, 0.717) is 5.82 Å². The summed E-state index contributed by atoms with van der Waals surface area (Å²) in [6, 6.07) is 2.79. The van der Waals surface area contributed by atoms with Crippen LogP contribution in [0.1, 0.15) is 20.8 Å². The van der Waals surface area contributed by atoms with E-state index in [0.717, 1.165) is 0 Å². The molecule has 0 atom stereocenters. The fourth-order valence-corrected chi connectivity index (χ4v) is 0.986. The Morgan fingerprint density at radius 2 is 2.14 bits per heavy atom. The molecule has 0 aromatic carbocycles. The van der Waals surface area contributed by atoms with E-state index in [1.807, 2.05) is 20.8 Å². The summed E-state index contributed by atoms with van der Waals surface area (Å²) in [7, 11) is 0. The molecule has 0 amide bonds. The Bertz CT molecular complexity index is 344. The van der Waals surface area contributed by atoms with Crippen molar-refractivity contribution in [3.8, 4) is 0 Å². The zero-order chi connectivity index (χ0) is 10.8. The minimum Gasteiger partial charge on any atom is -0.365 e. The van der Waals surface area contributed by atoms with Gasteiger partial charge in [0, 0.05) is 17.8 Å². The summed E-state index contributed by atoms with van der Waals surface area (Å²) < 4.78 is 0. The summed E-state index contributed by atoms with van der Waals surface area (Å²) >= 11 is 0. The Morgan fingerprint density at radius 1 is 1.50 bits per heavy atom. The third-order valence-electron chi connectivity index (χ3n) is 1.46. The van der Waals surface area contributed by atoms with Gasteiger partial charge in [-0.3, -0.25) is 10.1 Å². The minimum atomic E-state index is -0.435. The van der Waals surface area contributed by atoms with Crippen LogP contribution in [0.15, 0.2) is 18.3 Å². The van der Waals surface area contributed by atoms with Crippen molar-refractivity contribution in [2.45, 2.75) is 26.3 Å². The van der Waals surface area contributed by atoms with Crippen molar-refractivity contribution >= 4 is 11.5 Å². The molecule has 1 aromatic heterocycles. The molecule has 0 unspecified atom stereocenters. The van der Waals surface area contributed by atoms with Gasteiger partial charge in [0.1, 0.15) is 5.82 Å². The van der Waals surface area contributed by atoms with E-state index in [1.165, 1.54) is 18.3 Å². The van der Waals surface area contributed by atoms with Crippen molar-refractivity contribution in [1.82, 2.24) is 4.98 Å². The predicted octanol–water partition coefficient (Wildman–Crippen LogP) is 2.20. The molecule has 0 saturated carbocycles. The Balaban J connectivity index is 2.89. The highest BCUT2D eigenvalue weighted by atomic mass is 16.6. The average Bonchev–Trinajstić information content (AvgIpc) is 2.01. The van der Waals surface area contributed by atoms with E-state index in [2.05, 4.69) is 10.3 Å². The lowest BCUT2D eigenvalue weighted by Gasteiger charge is -2.20. The van der Waals surface area contributed by atoms with Crippen LogP contribution in [-0.2, 0) is 0 Å². The van der Waals surface area contributed by atoms with Crippen molar-refractivity contribution in [3.05, 3.63) is 28.4 Å². The molecule has 1 rings (SSSR count). The van der Waals surface area contributed by atoms with Crippen LogP contribution < -0.4 is 5.32 Å². The van der Waals surface area contributed by atoms with Crippen molar-refractivity contribution in [2.75, 3.05) is 5.32 Å². The van der Waals surface area contributed by atoms with E-state index in [9.17, 15) is 10.1 Å². The van der Waals surface area contributed by atoms with E-state index in [1.54, 1.807) is 0 Å². The van der Waals surface area contributed by atoms with E-state index < -0.39 is 4.92 Å². The quantitative estimate of drug-likeness (QED) is 0.580. The molecule has 0 aliphatic carbocycles. The van der Waals surface area contributed by atoms with Crippen molar-refractivity contribution in [3.63, 3.8) is 0 Å². The average molecular weight is 195 g/mol. The van der Waals surface area contributed by atoms with Crippen molar-refractivity contribution in [1.29, 1.82) is 0 Å². The van der Waals surface area contributed by atoms with Crippen LogP contribution in [0.3, 0.4) is 0 Å². The van der Waals surface area contributed by atoms with Gasteiger partial charge in [-0.25, -0.2) is 4.98 Å². The van der Waals surface area contributed by atoms with Crippen LogP contribution in [0.4, 0.5) is 11.5 Å². The highest BCUT2D eigenvalue weighted by molar-refractivity contribution is 5.45. The maximum absolute atomic E-state index is 10.5. The van der Waals surface area contributed by atoms with Crippen LogP contribution >= 0.6 is 0 Å². The van der Waals surface area contributed by atoms with Gasteiger partial charge in [-0.1, -0.05) is 0 Å². The summed E-state index contributed by atoms with van der Waals surface area (Å²) in [6.45, 7) is 5.90. The lowest BCUT2D eigenvalue weighted by Crippen LogP contribution is -2.26. The molecule has 5 nitrogen and oxygen atoms in total. The number of nitrogens with zero attached hydrogens (tertiary/aromatic N) is 2. The first-order chi connectivity index (χ1) is 6.38. The molecule has 0 radical (unpaired) electrons. The number of rotatable bonds is 2. The summed E-state index contributed by atoms with van der Waals surface area (Å²) in [5.41, 5.74) is -0.103. The number of anilines is 1. The van der Waals surface area contributed by atoms with Gasteiger partial charge in [-0.15, -0.1) is 0 Å². The molecule has 0 spiro atoms. The lowest BCUT2D eigenvalue weighted by molar-refractivity contribution is -0.384. The van der Waals surface area contributed by atoms with Gasteiger partial charge >= 0.3 is 0 Å². The van der Waals surface area contributed by atoms with Crippen LogP contribution in [0, 0.1) is 10.1 Å². The molecule has 76 valence electrons. The summed E-state index contributed by atoms with van der Waals surface area (Å²) in [5.74, 6) is 0.520. The van der Waals surface area contributed by atoms with Gasteiger partial charge in [0.05, 0.1) is 11.0 Å². The van der Waals surface area contributed by atoms with Gasteiger partial charge < -0.3 is 5.32 Å². The van der Waals surface area contributed by atoms with E-state index >= 15 is 0 Å². The first-order valence-corrected chi connectivity index (χ1v) is 4.27. The fourth-order valence-electron chi connectivity index (χ4n) is 0.986. The topological polar surface area (TPSA) is 68.1 Å². The zero-order valence-corrected chi connectivity index (χ0v) is 8.44. The molecule has 0 saturated heterocycles.